The first-order valence-corrected chi connectivity index (χ1v) is 10.6. The monoisotopic (exact) mass is 407 g/mol. The lowest BCUT2D eigenvalue weighted by atomic mass is 9.86. The van der Waals surface area contributed by atoms with Gasteiger partial charge >= 0.3 is 0 Å². The lowest BCUT2D eigenvalue weighted by molar-refractivity contribution is -0.133. The molecule has 1 heterocycles. The molecular formula is C25H33N3O2. The normalized spacial score (nSPS) is 13.7. The number of aryl methyl sites for hydroxylation is 1. The summed E-state index contributed by atoms with van der Waals surface area (Å²) in [5.41, 5.74) is 2.89. The van der Waals surface area contributed by atoms with Crippen LogP contribution in [0.3, 0.4) is 0 Å². The van der Waals surface area contributed by atoms with Gasteiger partial charge in [-0.1, -0.05) is 39.0 Å². The van der Waals surface area contributed by atoms with Crippen LogP contribution in [-0.4, -0.2) is 45.3 Å². The molecule has 1 aromatic heterocycles. The third-order valence-corrected chi connectivity index (χ3v) is 5.65. The molecule has 0 aliphatic heterocycles. The summed E-state index contributed by atoms with van der Waals surface area (Å²) >= 11 is 0. The Morgan fingerprint density at radius 3 is 2.33 bits per heavy atom. The fourth-order valence-electron chi connectivity index (χ4n) is 3.57. The van der Waals surface area contributed by atoms with Gasteiger partial charge in [0.25, 0.3) is 5.91 Å². The standard InChI is InChI=1S/C25H33N3O2/c1-6-15-27(24(30)19-9-11-20(12-10-19)25(2,3)4)18-23(29)28(21-13-14-21)17-22-8-7-16-26(22)5/h6-12,16,21H,1,13-15,17-18H2,2-5H3. The summed E-state index contributed by atoms with van der Waals surface area (Å²) in [4.78, 5) is 29.8. The summed E-state index contributed by atoms with van der Waals surface area (Å²) in [6.07, 6.45) is 5.71. The summed E-state index contributed by atoms with van der Waals surface area (Å²) in [5, 5.41) is 0. The van der Waals surface area contributed by atoms with Crippen molar-refractivity contribution in [2.75, 3.05) is 13.1 Å². The molecule has 1 aromatic carbocycles. The molecule has 1 fully saturated rings. The molecular weight excluding hydrogens is 374 g/mol. The van der Waals surface area contributed by atoms with E-state index in [-0.39, 0.29) is 29.8 Å². The van der Waals surface area contributed by atoms with Crippen molar-refractivity contribution in [3.8, 4) is 0 Å². The Bertz CT molecular complexity index is 901. The molecule has 160 valence electrons. The average molecular weight is 408 g/mol. The van der Waals surface area contributed by atoms with Gasteiger partial charge in [0.15, 0.2) is 0 Å². The highest BCUT2D eigenvalue weighted by Gasteiger charge is 2.34. The minimum absolute atomic E-state index is 0.0137. The minimum atomic E-state index is -0.140. The van der Waals surface area contributed by atoms with E-state index in [0.29, 0.717) is 18.7 Å². The van der Waals surface area contributed by atoms with Crippen LogP contribution in [0.25, 0.3) is 0 Å². The Balaban J connectivity index is 1.73. The van der Waals surface area contributed by atoms with Crippen LogP contribution in [0.1, 0.15) is 55.2 Å². The smallest absolute Gasteiger partial charge is 0.254 e. The van der Waals surface area contributed by atoms with E-state index < -0.39 is 0 Å². The van der Waals surface area contributed by atoms with E-state index in [1.165, 1.54) is 5.56 Å². The van der Waals surface area contributed by atoms with Crippen molar-refractivity contribution < 1.29 is 9.59 Å². The maximum absolute atomic E-state index is 13.2. The molecule has 3 rings (SSSR count). The van der Waals surface area contributed by atoms with E-state index in [1.54, 1.807) is 11.0 Å². The molecule has 0 bridgehead atoms. The second kappa shape index (κ2) is 8.90. The molecule has 0 saturated heterocycles. The van der Waals surface area contributed by atoms with Crippen LogP contribution in [0, 0.1) is 0 Å². The number of carbonyl (C=O) groups is 2. The van der Waals surface area contributed by atoms with E-state index in [1.807, 2.05) is 59.1 Å². The maximum atomic E-state index is 13.2. The number of rotatable bonds is 8. The maximum Gasteiger partial charge on any atom is 0.254 e. The molecule has 2 aromatic rings. The Hall–Kier alpha value is -2.82. The van der Waals surface area contributed by atoms with Gasteiger partial charge in [0.1, 0.15) is 6.54 Å². The number of benzene rings is 1. The SMILES string of the molecule is C=CCN(CC(=O)N(Cc1cccn1C)C1CC1)C(=O)c1ccc(C(C)(C)C)cc1. The Labute approximate surface area is 180 Å². The molecule has 30 heavy (non-hydrogen) atoms. The van der Waals surface area contributed by atoms with Crippen molar-refractivity contribution in [1.82, 2.24) is 14.4 Å². The van der Waals surface area contributed by atoms with Gasteiger partial charge < -0.3 is 14.4 Å². The van der Waals surface area contributed by atoms with E-state index in [0.717, 1.165) is 18.5 Å². The van der Waals surface area contributed by atoms with Crippen molar-refractivity contribution in [1.29, 1.82) is 0 Å². The summed E-state index contributed by atoms with van der Waals surface area (Å²) in [5.74, 6) is -0.154. The van der Waals surface area contributed by atoms with Gasteiger partial charge in [-0.2, -0.15) is 0 Å². The first-order chi connectivity index (χ1) is 14.2. The van der Waals surface area contributed by atoms with Crippen LogP contribution in [0.15, 0.2) is 55.3 Å². The van der Waals surface area contributed by atoms with Gasteiger partial charge in [0.05, 0.1) is 6.54 Å². The van der Waals surface area contributed by atoms with Gasteiger partial charge in [0.2, 0.25) is 5.91 Å². The molecule has 2 amide bonds. The number of carbonyl (C=O) groups excluding carboxylic acids is 2. The summed E-state index contributed by atoms with van der Waals surface area (Å²) in [7, 11) is 1.99. The van der Waals surface area contributed by atoms with E-state index in [4.69, 9.17) is 0 Å². The minimum Gasteiger partial charge on any atom is -0.353 e. The van der Waals surface area contributed by atoms with E-state index in [9.17, 15) is 9.59 Å². The Morgan fingerprint density at radius 2 is 1.83 bits per heavy atom. The van der Waals surface area contributed by atoms with E-state index >= 15 is 0 Å². The molecule has 1 saturated carbocycles. The molecule has 0 N–H and O–H groups in total. The second-order valence-corrected chi connectivity index (χ2v) is 9.16. The van der Waals surface area contributed by atoms with Crippen LogP contribution in [-0.2, 0) is 23.8 Å². The second-order valence-electron chi connectivity index (χ2n) is 9.16. The zero-order chi connectivity index (χ0) is 21.9. The number of hydrogen-bond acceptors (Lipinski definition) is 2. The zero-order valence-electron chi connectivity index (χ0n) is 18.6. The lowest BCUT2D eigenvalue weighted by Crippen LogP contribution is -2.43. The van der Waals surface area contributed by atoms with E-state index in [2.05, 4.69) is 27.4 Å². The summed E-state index contributed by atoms with van der Waals surface area (Å²) < 4.78 is 2.03. The van der Waals surface area contributed by atoms with Crippen molar-refractivity contribution >= 4 is 11.8 Å². The van der Waals surface area contributed by atoms with Gasteiger partial charge in [-0.3, -0.25) is 9.59 Å². The third kappa shape index (κ3) is 5.21. The van der Waals surface area contributed by atoms with Crippen LogP contribution in [0.5, 0.6) is 0 Å². The molecule has 1 aliphatic carbocycles. The van der Waals surface area contributed by atoms with Crippen LogP contribution in [0.4, 0.5) is 0 Å². The molecule has 5 nitrogen and oxygen atoms in total. The lowest BCUT2D eigenvalue weighted by Gasteiger charge is -2.27. The van der Waals surface area contributed by atoms with Gasteiger partial charge in [-0.05, 0) is 48.1 Å². The van der Waals surface area contributed by atoms with Crippen molar-refractivity contribution in [3.05, 3.63) is 72.1 Å². The number of amides is 2. The molecule has 1 aliphatic rings. The highest BCUT2D eigenvalue weighted by Crippen LogP contribution is 2.29. The first-order valence-electron chi connectivity index (χ1n) is 10.6. The zero-order valence-corrected chi connectivity index (χ0v) is 18.6. The summed E-state index contributed by atoms with van der Waals surface area (Å²) in [6, 6.07) is 12.0. The average Bonchev–Trinajstić information content (AvgIpc) is 3.46. The summed E-state index contributed by atoms with van der Waals surface area (Å²) in [6.45, 7) is 11.2. The number of hydrogen-bond donors (Lipinski definition) is 0. The molecule has 0 radical (unpaired) electrons. The van der Waals surface area contributed by atoms with Crippen molar-refractivity contribution in [2.45, 2.75) is 51.6 Å². The Kier molecular flexibility index (Phi) is 6.49. The predicted octanol–water partition coefficient (Wildman–Crippen LogP) is 4.14. The fraction of sp³-hybridized carbons (Fsp3) is 0.440. The topological polar surface area (TPSA) is 45.6 Å². The van der Waals surface area contributed by atoms with Gasteiger partial charge in [-0.15, -0.1) is 6.58 Å². The van der Waals surface area contributed by atoms with Crippen LogP contribution in [0.2, 0.25) is 0 Å². The quantitative estimate of drug-likeness (QED) is 0.618. The first kappa shape index (κ1) is 21.9. The molecule has 0 unspecified atom stereocenters. The number of aromatic nitrogens is 1. The molecule has 0 spiro atoms. The third-order valence-electron chi connectivity index (χ3n) is 5.65. The van der Waals surface area contributed by atoms with Crippen molar-refractivity contribution in [3.63, 3.8) is 0 Å². The molecule has 0 atom stereocenters. The number of nitrogens with zero attached hydrogens (tertiary/aromatic N) is 3. The largest absolute Gasteiger partial charge is 0.353 e. The predicted molar refractivity (Wildman–Crippen MR) is 120 cm³/mol. The highest BCUT2D eigenvalue weighted by atomic mass is 16.2. The van der Waals surface area contributed by atoms with Crippen molar-refractivity contribution in [2.24, 2.45) is 7.05 Å². The highest BCUT2D eigenvalue weighted by molar-refractivity contribution is 5.96. The van der Waals surface area contributed by atoms with Crippen LogP contribution >= 0.6 is 0 Å². The van der Waals surface area contributed by atoms with Crippen LogP contribution < -0.4 is 0 Å². The fourth-order valence-corrected chi connectivity index (χ4v) is 3.57. The molecule has 5 heteroatoms. The Morgan fingerprint density at radius 1 is 1.17 bits per heavy atom. The van der Waals surface area contributed by atoms with Gasteiger partial charge in [0, 0.05) is 37.1 Å². The van der Waals surface area contributed by atoms with Gasteiger partial charge in [-0.25, -0.2) is 0 Å².